The lowest BCUT2D eigenvalue weighted by atomic mass is 10.0. The predicted octanol–water partition coefficient (Wildman–Crippen LogP) is 5.14. The Morgan fingerprint density at radius 3 is 2.15 bits per heavy atom. The van der Waals surface area contributed by atoms with E-state index < -0.39 is 5.82 Å². The van der Waals surface area contributed by atoms with Gasteiger partial charge in [0, 0.05) is 12.8 Å². The molecular weight excluding hydrogens is 322 g/mol. The van der Waals surface area contributed by atoms with Gasteiger partial charge < -0.3 is 0 Å². The highest BCUT2D eigenvalue weighted by molar-refractivity contribution is 6.42. The van der Waals surface area contributed by atoms with Crippen LogP contribution in [0.15, 0.2) is 36.4 Å². The summed E-state index contributed by atoms with van der Waals surface area (Å²) in [6.07, 6.45) is 0.0700. The van der Waals surface area contributed by atoms with Crippen LogP contribution in [0.2, 0.25) is 15.1 Å². The fourth-order valence-electron chi connectivity index (χ4n) is 1.86. The zero-order valence-corrected chi connectivity index (χ0v) is 12.6. The molecule has 0 aromatic heterocycles. The van der Waals surface area contributed by atoms with Crippen LogP contribution in [0.25, 0.3) is 0 Å². The van der Waals surface area contributed by atoms with Crippen LogP contribution in [0.4, 0.5) is 4.39 Å². The van der Waals surface area contributed by atoms with Crippen molar-refractivity contribution in [1.82, 2.24) is 0 Å². The van der Waals surface area contributed by atoms with Crippen molar-refractivity contribution in [3.05, 3.63) is 68.4 Å². The minimum absolute atomic E-state index is 0.0103. The highest BCUT2D eigenvalue weighted by Gasteiger charge is 2.13. The minimum Gasteiger partial charge on any atom is -0.299 e. The average molecular weight is 332 g/mol. The maximum atomic E-state index is 13.7. The number of Topliss-reactive ketones (excluding diaryl/α,β-unsaturated/α-hetero) is 1. The van der Waals surface area contributed by atoms with Gasteiger partial charge in [-0.05, 0) is 23.3 Å². The highest BCUT2D eigenvalue weighted by atomic mass is 35.5. The topological polar surface area (TPSA) is 17.1 Å². The van der Waals surface area contributed by atoms with Crippen molar-refractivity contribution in [3.8, 4) is 0 Å². The van der Waals surface area contributed by atoms with Gasteiger partial charge in [0.25, 0.3) is 0 Å². The van der Waals surface area contributed by atoms with E-state index in [9.17, 15) is 9.18 Å². The Morgan fingerprint density at radius 2 is 1.45 bits per heavy atom. The molecule has 0 unspecified atom stereocenters. The van der Waals surface area contributed by atoms with Crippen LogP contribution >= 0.6 is 34.8 Å². The zero-order chi connectivity index (χ0) is 14.7. The normalized spacial score (nSPS) is 10.6. The minimum atomic E-state index is -0.556. The highest BCUT2D eigenvalue weighted by Crippen LogP contribution is 2.26. The second kappa shape index (κ2) is 6.57. The molecule has 0 spiro atoms. The van der Waals surface area contributed by atoms with Gasteiger partial charge in [-0.15, -0.1) is 0 Å². The zero-order valence-electron chi connectivity index (χ0n) is 10.3. The van der Waals surface area contributed by atoms with E-state index >= 15 is 0 Å². The van der Waals surface area contributed by atoms with Gasteiger partial charge in [0.05, 0.1) is 15.1 Å². The molecule has 2 aromatic carbocycles. The van der Waals surface area contributed by atoms with E-state index in [4.69, 9.17) is 34.8 Å². The molecule has 0 aliphatic heterocycles. The molecule has 2 rings (SSSR count). The quantitative estimate of drug-likeness (QED) is 0.758. The molecule has 0 saturated heterocycles. The molecule has 0 atom stereocenters. The maximum absolute atomic E-state index is 13.7. The Hall–Kier alpha value is -1.09. The molecule has 0 amide bonds. The number of ketones is 1. The van der Waals surface area contributed by atoms with Crippen LogP contribution in [0, 0.1) is 5.82 Å². The van der Waals surface area contributed by atoms with E-state index in [2.05, 4.69) is 0 Å². The molecule has 0 N–H and O–H groups in total. The third-order valence-electron chi connectivity index (χ3n) is 2.84. The lowest BCUT2D eigenvalue weighted by Crippen LogP contribution is -2.08. The Morgan fingerprint density at radius 1 is 0.900 bits per heavy atom. The number of hydrogen-bond acceptors (Lipinski definition) is 1. The first-order chi connectivity index (χ1) is 9.49. The monoisotopic (exact) mass is 330 g/mol. The summed E-state index contributed by atoms with van der Waals surface area (Å²) >= 11 is 17.6. The molecule has 0 fully saturated rings. The van der Waals surface area contributed by atoms with Crippen molar-refractivity contribution >= 4 is 40.6 Å². The Kier molecular flexibility index (Phi) is 5.03. The van der Waals surface area contributed by atoms with Gasteiger partial charge in [-0.2, -0.15) is 0 Å². The molecule has 2 aromatic rings. The summed E-state index contributed by atoms with van der Waals surface area (Å²) in [5.74, 6) is -0.713. The van der Waals surface area contributed by atoms with E-state index in [1.807, 2.05) is 0 Å². The summed E-state index contributed by atoms with van der Waals surface area (Å²) in [6, 6.07) is 9.68. The van der Waals surface area contributed by atoms with E-state index in [0.29, 0.717) is 15.6 Å². The summed E-state index contributed by atoms with van der Waals surface area (Å²) in [7, 11) is 0. The summed E-state index contributed by atoms with van der Waals surface area (Å²) in [5, 5.41) is 0.760. The first-order valence-electron chi connectivity index (χ1n) is 5.86. The number of halogens is 4. The molecule has 0 bridgehead atoms. The Labute approximate surface area is 131 Å². The van der Waals surface area contributed by atoms with Crippen LogP contribution in [-0.2, 0) is 17.6 Å². The van der Waals surface area contributed by atoms with E-state index in [1.54, 1.807) is 30.3 Å². The second-order valence-corrected chi connectivity index (χ2v) is 5.51. The van der Waals surface area contributed by atoms with Gasteiger partial charge in [-0.1, -0.05) is 59.1 Å². The molecular formula is C15H10Cl3FO. The third-order valence-corrected chi connectivity index (χ3v) is 3.99. The molecule has 0 saturated carbocycles. The van der Waals surface area contributed by atoms with Crippen LogP contribution in [0.1, 0.15) is 11.1 Å². The second-order valence-electron chi connectivity index (χ2n) is 4.32. The first kappa shape index (κ1) is 15.3. The summed E-state index contributed by atoms with van der Waals surface area (Å²) < 4.78 is 13.7. The van der Waals surface area contributed by atoms with Crippen LogP contribution in [0.3, 0.4) is 0 Å². The van der Waals surface area contributed by atoms with Crippen LogP contribution in [0.5, 0.6) is 0 Å². The van der Waals surface area contributed by atoms with Crippen molar-refractivity contribution < 1.29 is 9.18 Å². The fourth-order valence-corrected chi connectivity index (χ4v) is 2.44. The van der Waals surface area contributed by atoms with Crippen molar-refractivity contribution in [3.63, 3.8) is 0 Å². The summed E-state index contributed by atoms with van der Waals surface area (Å²) in [4.78, 5) is 12.0. The largest absolute Gasteiger partial charge is 0.299 e. The lowest BCUT2D eigenvalue weighted by molar-refractivity contribution is -0.117. The molecule has 1 nitrogen and oxygen atoms in total. The Balaban J connectivity index is 2.13. The lowest BCUT2D eigenvalue weighted by Gasteiger charge is -2.06. The fraction of sp³-hybridized carbons (Fsp3) is 0.133. The van der Waals surface area contributed by atoms with Gasteiger partial charge in [-0.3, -0.25) is 4.79 Å². The smallest absolute Gasteiger partial charge is 0.145 e. The molecule has 20 heavy (non-hydrogen) atoms. The van der Waals surface area contributed by atoms with Crippen LogP contribution in [-0.4, -0.2) is 5.78 Å². The maximum Gasteiger partial charge on any atom is 0.145 e. The number of rotatable bonds is 4. The molecule has 104 valence electrons. The van der Waals surface area contributed by atoms with Gasteiger partial charge in [0.15, 0.2) is 0 Å². The van der Waals surface area contributed by atoms with Crippen molar-refractivity contribution in [2.75, 3.05) is 0 Å². The van der Waals surface area contributed by atoms with Crippen LogP contribution < -0.4 is 0 Å². The molecule has 5 heteroatoms. The average Bonchev–Trinajstić information content (AvgIpc) is 2.40. The van der Waals surface area contributed by atoms with Crippen molar-refractivity contribution in [2.45, 2.75) is 12.8 Å². The number of hydrogen-bond donors (Lipinski definition) is 0. The number of carbonyl (C=O) groups is 1. The van der Waals surface area contributed by atoms with Gasteiger partial charge in [0.2, 0.25) is 0 Å². The predicted molar refractivity (Wildman–Crippen MR) is 80.3 cm³/mol. The number of carbonyl (C=O) groups excluding carboxylic acids is 1. The van der Waals surface area contributed by atoms with E-state index in [0.717, 1.165) is 0 Å². The molecule has 0 heterocycles. The standard InChI is InChI=1S/C15H10Cl3FO/c16-12-5-1-3-9(14(12)18)7-11(20)8-10-4-2-6-13(17)15(10)19/h1-6H,7-8H2. The Bertz CT molecular complexity index is 600. The van der Waals surface area contributed by atoms with E-state index in [1.165, 1.54) is 6.07 Å². The van der Waals surface area contributed by atoms with E-state index in [-0.39, 0.29) is 29.2 Å². The van der Waals surface area contributed by atoms with Gasteiger partial charge in [0.1, 0.15) is 11.6 Å². The number of benzene rings is 2. The summed E-state index contributed by atoms with van der Waals surface area (Å²) in [6.45, 7) is 0. The summed E-state index contributed by atoms with van der Waals surface area (Å²) in [5.41, 5.74) is 0.909. The van der Waals surface area contributed by atoms with Gasteiger partial charge in [-0.25, -0.2) is 4.39 Å². The molecule has 0 aliphatic rings. The molecule has 0 aliphatic carbocycles. The SMILES string of the molecule is O=C(Cc1cccc(Cl)c1F)Cc1cccc(Cl)c1Cl. The van der Waals surface area contributed by atoms with Crippen molar-refractivity contribution in [1.29, 1.82) is 0 Å². The third kappa shape index (κ3) is 3.51. The van der Waals surface area contributed by atoms with Crippen molar-refractivity contribution in [2.24, 2.45) is 0 Å². The molecule has 0 radical (unpaired) electrons. The van der Waals surface area contributed by atoms with Gasteiger partial charge >= 0.3 is 0 Å². The first-order valence-corrected chi connectivity index (χ1v) is 7.00.